The van der Waals surface area contributed by atoms with E-state index in [-0.39, 0.29) is 22.2 Å². The zero-order chi connectivity index (χ0) is 14.7. The van der Waals surface area contributed by atoms with Gasteiger partial charge >= 0.3 is 0 Å². The van der Waals surface area contributed by atoms with E-state index in [1.54, 1.807) is 4.90 Å². The Morgan fingerprint density at radius 2 is 2.00 bits per heavy atom. The molecule has 1 saturated heterocycles. The van der Waals surface area contributed by atoms with Gasteiger partial charge in [-0.05, 0) is 24.8 Å². The summed E-state index contributed by atoms with van der Waals surface area (Å²) < 4.78 is 0. The van der Waals surface area contributed by atoms with Crippen LogP contribution in [-0.2, 0) is 0 Å². The summed E-state index contributed by atoms with van der Waals surface area (Å²) in [5, 5.41) is 11.0. The summed E-state index contributed by atoms with van der Waals surface area (Å²) in [6.07, 6.45) is 1.72. The van der Waals surface area contributed by atoms with Crippen LogP contribution in [0.5, 0.6) is 0 Å². The highest BCUT2D eigenvalue weighted by Gasteiger charge is 2.24. The van der Waals surface area contributed by atoms with E-state index in [9.17, 15) is 14.9 Å². The minimum Gasteiger partial charge on any atom is -0.339 e. The number of carbonyl (C=O) groups is 1. The maximum absolute atomic E-state index is 12.3. The number of hydrogen-bond donors (Lipinski definition) is 0. The highest BCUT2D eigenvalue weighted by Crippen LogP contribution is 2.24. The second-order valence-electron chi connectivity index (χ2n) is 4.85. The van der Waals surface area contributed by atoms with E-state index in [1.807, 2.05) is 0 Å². The van der Waals surface area contributed by atoms with Crippen molar-refractivity contribution in [2.24, 2.45) is 5.92 Å². The first-order valence-electron chi connectivity index (χ1n) is 6.31. The molecule has 0 spiro atoms. The molecule has 1 aromatic carbocycles. The molecule has 0 radical (unpaired) electrons. The molecular weight excluding hydrogens is 303 g/mol. The zero-order valence-corrected chi connectivity index (χ0v) is 12.2. The van der Waals surface area contributed by atoms with Crippen molar-refractivity contribution >= 4 is 34.8 Å². The fourth-order valence-corrected chi connectivity index (χ4v) is 2.81. The first-order valence-corrected chi connectivity index (χ1v) is 7.22. The normalized spacial score (nSPS) is 16.2. The maximum Gasteiger partial charge on any atom is 0.271 e. The van der Waals surface area contributed by atoms with E-state index in [2.05, 4.69) is 0 Å². The summed E-state index contributed by atoms with van der Waals surface area (Å²) in [5.74, 6) is 0.822. The number of alkyl halides is 1. The first-order chi connectivity index (χ1) is 9.51. The Morgan fingerprint density at radius 1 is 1.35 bits per heavy atom. The number of hydrogen-bond acceptors (Lipinski definition) is 3. The summed E-state index contributed by atoms with van der Waals surface area (Å²) in [6.45, 7) is 1.24. The molecule has 0 saturated carbocycles. The second kappa shape index (κ2) is 6.41. The van der Waals surface area contributed by atoms with Crippen LogP contribution in [0, 0.1) is 16.0 Å². The number of likely N-dealkylation sites (tertiary alicyclic amines) is 1. The molecule has 1 amide bonds. The van der Waals surface area contributed by atoms with Gasteiger partial charge in [0.15, 0.2) is 0 Å². The van der Waals surface area contributed by atoms with Crippen molar-refractivity contribution in [3.05, 3.63) is 38.9 Å². The van der Waals surface area contributed by atoms with Gasteiger partial charge in [0.2, 0.25) is 0 Å². The summed E-state index contributed by atoms with van der Waals surface area (Å²) in [6, 6.07) is 3.96. The summed E-state index contributed by atoms with van der Waals surface area (Å²) in [7, 11) is 0. The van der Waals surface area contributed by atoms with E-state index in [0.29, 0.717) is 24.9 Å². The number of rotatable bonds is 3. The van der Waals surface area contributed by atoms with Gasteiger partial charge in [-0.2, -0.15) is 0 Å². The molecule has 2 rings (SSSR count). The van der Waals surface area contributed by atoms with Gasteiger partial charge < -0.3 is 4.90 Å². The van der Waals surface area contributed by atoms with Crippen molar-refractivity contribution < 1.29 is 9.72 Å². The molecule has 5 nitrogen and oxygen atoms in total. The van der Waals surface area contributed by atoms with E-state index in [4.69, 9.17) is 23.2 Å². The predicted molar refractivity (Wildman–Crippen MR) is 77.5 cm³/mol. The fraction of sp³-hybridized carbons (Fsp3) is 0.462. The number of carbonyl (C=O) groups excluding carboxylic acids is 1. The fourth-order valence-electron chi connectivity index (χ4n) is 2.28. The van der Waals surface area contributed by atoms with Crippen LogP contribution in [0.2, 0.25) is 5.02 Å². The lowest BCUT2D eigenvalue weighted by Crippen LogP contribution is -2.38. The number of halogens is 2. The summed E-state index contributed by atoms with van der Waals surface area (Å²) >= 11 is 11.6. The topological polar surface area (TPSA) is 63.4 Å². The van der Waals surface area contributed by atoms with Gasteiger partial charge in [-0.15, -0.1) is 11.6 Å². The molecule has 0 N–H and O–H groups in total. The minimum atomic E-state index is -0.553. The average Bonchev–Trinajstić information content (AvgIpc) is 2.46. The number of nitro benzene ring substituents is 1. The Balaban J connectivity index is 2.15. The summed E-state index contributed by atoms with van der Waals surface area (Å²) in [5.41, 5.74) is 0.0880. The molecule has 1 heterocycles. The van der Waals surface area contributed by atoms with Crippen LogP contribution in [-0.4, -0.2) is 34.7 Å². The lowest BCUT2D eigenvalue weighted by molar-refractivity contribution is -0.384. The Kier molecular flexibility index (Phi) is 4.83. The van der Waals surface area contributed by atoms with Crippen molar-refractivity contribution in [3.8, 4) is 0 Å². The highest BCUT2D eigenvalue weighted by atomic mass is 35.5. The smallest absolute Gasteiger partial charge is 0.271 e. The van der Waals surface area contributed by atoms with E-state index < -0.39 is 4.92 Å². The predicted octanol–water partition coefficient (Wildman–Crippen LogP) is 3.34. The molecule has 7 heteroatoms. The largest absolute Gasteiger partial charge is 0.339 e. The number of amides is 1. The number of nitrogens with zero attached hydrogens (tertiary/aromatic N) is 2. The van der Waals surface area contributed by atoms with E-state index in [1.165, 1.54) is 18.2 Å². The van der Waals surface area contributed by atoms with Crippen molar-refractivity contribution in [1.29, 1.82) is 0 Å². The molecule has 1 aromatic rings. The summed E-state index contributed by atoms with van der Waals surface area (Å²) in [4.78, 5) is 24.3. The Labute approximate surface area is 126 Å². The van der Waals surface area contributed by atoms with Crippen LogP contribution in [0.15, 0.2) is 18.2 Å². The van der Waals surface area contributed by atoms with Gasteiger partial charge in [-0.25, -0.2) is 0 Å². The maximum atomic E-state index is 12.3. The van der Waals surface area contributed by atoms with Crippen LogP contribution in [0.1, 0.15) is 23.2 Å². The lowest BCUT2D eigenvalue weighted by atomic mass is 9.98. The molecule has 108 valence electrons. The zero-order valence-electron chi connectivity index (χ0n) is 10.7. The average molecular weight is 317 g/mol. The molecule has 20 heavy (non-hydrogen) atoms. The van der Waals surface area contributed by atoms with Crippen molar-refractivity contribution in [2.75, 3.05) is 19.0 Å². The molecule has 0 aromatic heterocycles. The number of piperidine rings is 1. The third-order valence-electron chi connectivity index (χ3n) is 3.46. The van der Waals surface area contributed by atoms with E-state index in [0.717, 1.165) is 12.8 Å². The van der Waals surface area contributed by atoms with Crippen molar-refractivity contribution in [2.45, 2.75) is 12.8 Å². The molecule has 1 aliphatic heterocycles. The third-order valence-corrected chi connectivity index (χ3v) is 4.11. The van der Waals surface area contributed by atoms with Crippen LogP contribution < -0.4 is 0 Å². The molecule has 1 fully saturated rings. The van der Waals surface area contributed by atoms with Gasteiger partial charge in [-0.3, -0.25) is 14.9 Å². The van der Waals surface area contributed by atoms with Crippen LogP contribution >= 0.6 is 23.2 Å². The van der Waals surface area contributed by atoms with Crippen LogP contribution in [0.25, 0.3) is 0 Å². The molecule has 0 atom stereocenters. The SMILES string of the molecule is O=C(c1cc(Cl)cc([N+](=O)[O-])c1)N1CCC(CCl)CC1. The van der Waals surface area contributed by atoms with Gasteiger partial charge in [0.1, 0.15) is 0 Å². The van der Waals surface area contributed by atoms with Crippen molar-refractivity contribution in [1.82, 2.24) is 4.90 Å². The number of benzene rings is 1. The lowest BCUT2D eigenvalue weighted by Gasteiger charge is -2.31. The monoisotopic (exact) mass is 316 g/mol. The molecule has 0 aliphatic carbocycles. The Hall–Kier alpha value is -1.33. The Bertz CT molecular complexity index is 528. The molecular formula is C13H14Cl2N2O3. The Morgan fingerprint density at radius 3 is 2.55 bits per heavy atom. The second-order valence-corrected chi connectivity index (χ2v) is 5.59. The van der Waals surface area contributed by atoms with Crippen LogP contribution in [0.3, 0.4) is 0 Å². The van der Waals surface area contributed by atoms with Gasteiger partial charge in [0.05, 0.1) is 4.92 Å². The van der Waals surface area contributed by atoms with Gasteiger partial charge in [0, 0.05) is 41.7 Å². The standard InChI is InChI=1S/C13H14Cl2N2O3/c14-8-9-1-3-16(4-2-9)13(18)10-5-11(15)7-12(6-10)17(19)20/h5-7,9H,1-4,8H2. The number of nitro groups is 1. The first kappa shape index (κ1) is 15.1. The third kappa shape index (κ3) is 3.41. The highest BCUT2D eigenvalue weighted by molar-refractivity contribution is 6.31. The van der Waals surface area contributed by atoms with Gasteiger partial charge in [-0.1, -0.05) is 11.6 Å². The van der Waals surface area contributed by atoms with Crippen LogP contribution in [0.4, 0.5) is 5.69 Å². The molecule has 1 aliphatic rings. The quantitative estimate of drug-likeness (QED) is 0.488. The number of non-ortho nitro benzene ring substituents is 1. The minimum absolute atomic E-state index is 0.170. The molecule has 0 bridgehead atoms. The van der Waals surface area contributed by atoms with E-state index >= 15 is 0 Å². The van der Waals surface area contributed by atoms with Crippen molar-refractivity contribution in [3.63, 3.8) is 0 Å². The molecule has 0 unspecified atom stereocenters. The van der Waals surface area contributed by atoms with Gasteiger partial charge in [0.25, 0.3) is 11.6 Å².